The summed E-state index contributed by atoms with van der Waals surface area (Å²) in [5.74, 6) is 0.851. The Labute approximate surface area is 156 Å². The highest BCUT2D eigenvalue weighted by atomic mass is 127. The summed E-state index contributed by atoms with van der Waals surface area (Å²) in [7, 11) is 1.74. The summed E-state index contributed by atoms with van der Waals surface area (Å²) in [5.41, 5.74) is 1.11. The molecule has 0 aliphatic rings. The molecule has 0 aromatic heterocycles. The molecular formula is C16H27ClIN3O. The summed E-state index contributed by atoms with van der Waals surface area (Å²) in [6.45, 7) is 5.30. The smallest absolute Gasteiger partial charge is 0.191 e. The van der Waals surface area contributed by atoms with Gasteiger partial charge in [0.1, 0.15) is 0 Å². The Hall–Kier alpha value is -0.530. The van der Waals surface area contributed by atoms with Gasteiger partial charge in [0.15, 0.2) is 5.96 Å². The van der Waals surface area contributed by atoms with Crippen molar-refractivity contribution in [2.24, 2.45) is 4.99 Å². The lowest BCUT2D eigenvalue weighted by atomic mass is 10.2. The molecule has 0 bridgehead atoms. The lowest BCUT2D eigenvalue weighted by Crippen LogP contribution is -2.37. The zero-order chi connectivity index (χ0) is 15.3. The maximum absolute atomic E-state index is 5.98. The first-order valence-electron chi connectivity index (χ1n) is 7.51. The van der Waals surface area contributed by atoms with Crippen molar-refractivity contribution in [3.8, 4) is 0 Å². The Morgan fingerprint density at radius 1 is 1.23 bits per heavy atom. The van der Waals surface area contributed by atoms with Gasteiger partial charge in [0.25, 0.3) is 0 Å². The second kappa shape index (κ2) is 14.1. The lowest BCUT2D eigenvalue weighted by molar-refractivity contribution is 0.192. The number of nitrogens with one attached hydrogen (secondary N) is 2. The molecule has 0 amide bonds. The molecule has 1 rings (SSSR count). The van der Waals surface area contributed by atoms with Crippen molar-refractivity contribution in [1.29, 1.82) is 0 Å². The van der Waals surface area contributed by atoms with Crippen LogP contribution in [-0.4, -0.2) is 32.8 Å². The molecular weight excluding hydrogens is 413 g/mol. The Balaban J connectivity index is 0.00000441. The molecule has 0 atom stereocenters. The second-order valence-electron chi connectivity index (χ2n) is 4.81. The third-order valence-corrected chi connectivity index (χ3v) is 3.21. The number of nitrogens with zero attached hydrogens (tertiary/aromatic N) is 1. The van der Waals surface area contributed by atoms with E-state index in [1.165, 1.54) is 0 Å². The molecule has 0 aliphatic carbocycles. The number of guanidine groups is 1. The molecule has 0 saturated carbocycles. The van der Waals surface area contributed by atoms with Crippen molar-refractivity contribution in [2.45, 2.75) is 32.7 Å². The van der Waals surface area contributed by atoms with E-state index < -0.39 is 0 Å². The molecule has 0 saturated heterocycles. The molecule has 0 spiro atoms. The number of aliphatic imine (C=N–C) groups is 1. The predicted molar refractivity (Wildman–Crippen MR) is 105 cm³/mol. The van der Waals surface area contributed by atoms with Crippen LogP contribution in [0.15, 0.2) is 29.3 Å². The van der Waals surface area contributed by atoms with E-state index in [-0.39, 0.29) is 24.0 Å². The normalized spacial score (nSPS) is 11.0. The summed E-state index contributed by atoms with van der Waals surface area (Å²) in [6.07, 6.45) is 3.38. The molecule has 4 nitrogen and oxygen atoms in total. The fourth-order valence-corrected chi connectivity index (χ4v) is 2.12. The van der Waals surface area contributed by atoms with Gasteiger partial charge in [-0.15, -0.1) is 24.0 Å². The minimum Gasteiger partial charge on any atom is -0.385 e. The van der Waals surface area contributed by atoms with Gasteiger partial charge in [-0.2, -0.15) is 0 Å². The van der Waals surface area contributed by atoms with Crippen LogP contribution < -0.4 is 10.6 Å². The number of ether oxygens (including phenoxy) is 1. The number of hydrogen-bond donors (Lipinski definition) is 2. The molecule has 126 valence electrons. The average molecular weight is 440 g/mol. The van der Waals surface area contributed by atoms with Gasteiger partial charge in [0.2, 0.25) is 0 Å². The van der Waals surface area contributed by atoms with E-state index in [1.807, 2.05) is 24.3 Å². The Morgan fingerprint density at radius 3 is 2.73 bits per heavy atom. The minimum atomic E-state index is 0. The highest BCUT2D eigenvalue weighted by Gasteiger charge is 1.98. The van der Waals surface area contributed by atoms with Crippen LogP contribution in [0.5, 0.6) is 0 Å². The number of hydrogen-bond acceptors (Lipinski definition) is 2. The van der Waals surface area contributed by atoms with Crippen molar-refractivity contribution in [3.05, 3.63) is 34.9 Å². The van der Waals surface area contributed by atoms with Crippen molar-refractivity contribution >= 4 is 41.5 Å². The van der Waals surface area contributed by atoms with E-state index in [9.17, 15) is 0 Å². The molecule has 0 heterocycles. The summed E-state index contributed by atoms with van der Waals surface area (Å²) < 4.78 is 5.04. The zero-order valence-corrected chi connectivity index (χ0v) is 16.5. The van der Waals surface area contributed by atoms with Gasteiger partial charge in [-0.1, -0.05) is 23.7 Å². The first-order chi connectivity index (χ1) is 10.3. The molecule has 22 heavy (non-hydrogen) atoms. The summed E-state index contributed by atoms with van der Waals surface area (Å²) in [4.78, 5) is 4.57. The second-order valence-corrected chi connectivity index (χ2v) is 5.24. The Morgan fingerprint density at radius 2 is 2.05 bits per heavy atom. The molecule has 0 radical (unpaired) electrons. The largest absolute Gasteiger partial charge is 0.385 e. The van der Waals surface area contributed by atoms with Crippen molar-refractivity contribution < 1.29 is 4.74 Å². The molecule has 0 fully saturated rings. The van der Waals surface area contributed by atoms with Crippen LogP contribution in [0.3, 0.4) is 0 Å². The SMILES string of the molecule is CCNC(=NCc1cccc(Cl)c1)NCCCCCOC.I. The lowest BCUT2D eigenvalue weighted by Gasteiger charge is -2.11. The maximum Gasteiger partial charge on any atom is 0.191 e. The van der Waals surface area contributed by atoms with Crippen LogP contribution in [0.1, 0.15) is 31.7 Å². The highest BCUT2D eigenvalue weighted by Crippen LogP contribution is 2.11. The van der Waals surface area contributed by atoms with Crippen LogP contribution in [0.2, 0.25) is 5.02 Å². The van der Waals surface area contributed by atoms with Gasteiger partial charge in [-0.05, 0) is 43.9 Å². The van der Waals surface area contributed by atoms with Gasteiger partial charge in [0.05, 0.1) is 6.54 Å². The van der Waals surface area contributed by atoms with Crippen molar-refractivity contribution in [2.75, 3.05) is 26.8 Å². The van der Waals surface area contributed by atoms with Gasteiger partial charge < -0.3 is 15.4 Å². The Kier molecular flexibility index (Phi) is 13.7. The highest BCUT2D eigenvalue weighted by molar-refractivity contribution is 14.0. The van der Waals surface area contributed by atoms with Crippen LogP contribution in [0.25, 0.3) is 0 Å². The number of methoxy groups -OCH3 is 1. The van der Waals surface area contributed by atoms with Gasteiger partial charge in [-0.3, -0.25) is 0 Å². The Bertz CT molecular complexity index is 430. The molecule has 0 aliphatic heterocycles. The van der Waals surface area contributed by atoms with E-state index in [1.54, 1.807) is 7.11 Å². The standard InChI is InChI=1S/C16H26ClN3O.HI/c1-3-18-16(19-10-5-4-6-11-21-2)20-13-14-8-7-9-15(17)12-14;/h7-9,12H,3-6,10-11,13H2,1-2H3,(H2,18,19,20);1H. The monoisotopic (exact) mass is 439 g/mol. The maximum atomic E-state index is 5.98. The van der Waals surface area contributed by atoms with E-state index in [0.29, 0.717) is 6.54 Å². The first-order valence-corrected chi connectivity index (χ1v) is 7.89. The van der Waals surface area contributed by atoms with E-state index >= 15 is 0 Å². The van der Waals surface area contributed by atoms with Crippen molar-refractivity contribution in [1.82, 2.24) is 10.6 Å². The quantitative estimate of drug-likeness (QED) is 0.266. The third-order valence-electron chi connectivity index (χ3n) is 2.97. The van der Waals surface area contributed by atoms with Crippen LogP contribution in [0, 0.1) is 0 Å². The zero-order valence-electron chi connectivity index (χ0n) is 13.4. The van der Waals surface area contributed by atoms with Crippen LogP contribution in [0.4, 0.5) is 0 Å². The van der Waals surface area contributed by atoms with E-state index in [2.05, 4.69) is 22.5 Å². The number of rotatable bonds is 9. The number of benzene rings is 1. The molecule has 0 unspecified atom stereocenters. The van der Waals surface area contributed by atoms with Crippen LogP contribution >= 0.6 is 35.6 Å². The number of halogens is 2. The summed E-state index contributed by atoms with van der Waals surface area (Å²) in [6, 6.07) is 7.80. The fourth-order valence-electron chi connectivity index (χ4n) is 1.90. The first kappa shape index (κ1) is 21.5. The average Bonchev–Trinajstić information content (AvgIpc) is 2.48. The predicted octanol–water partition coefficient (Wildman–Crippen LogP) is 3.83. The van der Waals surface area contributed by atoms with Gasteiger partial charge in [0, 0.05) is 31.8 Å². The minimum absolute atomic E-state index is 0. The summed E-state index contributed by atoms with van der Waals surface area (Å²) in [5, 5.41) is 7.35. The topological polar surface area (TPSA) is 45.7 Å². The van der Waals surface area contributed by atoms with Gasteiger partial charge >= 0.3 is 0 Å². The van der Waals surface area contributed by atoms with E-state index in [4.69, 9.17) is 16.3 Å². The van der Waals surface area contributed by atoms with Crippen molar-refractivity contribution in [3.63, 3.8) is 0 Å². The number of unbranched alkanes of at least 4 members (excludes halogenated alkanes) is 2. The molecule has 1 aromatic rings. The molecule has 6 heteroatoms. The molecule has 1 aromatic carbocycles. The summed E-state index contributed by atoms with van der Waals surface area (Å²) >= 11 is 5.98. The van der Waals surface area contributed by atoms with Gasteiger partial charge in [-0.25, -0.2) is 4.99 Å². The van der Waals surface area contributed by atoms with Crippen LogP contribution in [-0.2, 0) is 11.3 Å². The van der Waals surface area contributed by atoms with E-state index in [0.717, 1.165) is 55.5 Å². The third kappa shape index (κ3) is 10.2. The molecule has 2 N–H and O–H groups in total. The fraction of sp³-hybridized carbons (Fsp3) is 0.562.